The first kappa shape index (κ1) is 23.3. The molecule has 0 aliphatic rings. The number of para-hydroxylation sites is 1. The molecule has 168 valence electrons. The third kappa shape index (κ3) is 5.11. The summed E-state index contributed by atoms with van der Waals surface area (Å²) >= 11 is 0. The van der Waals surface area contributed by atoms with Crippen LogP contribution in [-0.4, -0.2) is 34.5 Å². The van der Waals surface area contributed by atoms with E-state index in [0.717, 1.165) is 28.6 Å². The lowest BCUT2D eigenvalue weighted by Crippen LogP contribution is -2.30. The zero-order valence-electron chi connectivity index (χ0n) is 18.7. The third-order valence-electron chi connectivity index (χ3n) is 5.41. The molecular formula is C25H29N3O3S. The van der Waals surface area contributed by atoms with E-state index >= 15 is 0 Å². The Hall–Kier alpha value is -3.32. The van der Waals surface area contributed by atoms with Gasteiger partial charge in [-0.15, -0.1) is 0 Å². The quantitative estimate of drug-likeness (QED) is 0.527. The van der Waals surface area contributed by atoms with Crippen molar-refractivity contribution < 1.29 is 13.2 Å². The van der Waals surface area contributed by atoms with Crippen molar-refractivity contribution in [2.45, 2.75) is 25.3 Å². The maximum Gasteiger partial charge on any atom is 0.264 e. The van der Waals surface area contributed by atoms with Gasteiger partial charge >= 0.3 is 0 Å². The van der Waals surface area contributed by atoms with Gasteiger partial charge in [-0.2, -0.15) is 0 Å². The van der Waals surface area contributed by atoms with Crippen LogP contribution >= 0.6 is 0 Å². The zero-order valence-corrected chi connectivity index (χ0v) is 19.5. The lowest BCUT2D eigenvalue weighted by atomic mass is 10.1. The van der Waals surface area contributed by atoms with Crippen LogP contribution in [0, 0.1) is 0 Å². The average Bonchev–Trinajstić information content (AvgIpc) is 2.84. The van der Waals surface area contributed by atoms with Gasteiger partial charge in [0.2, 0.25) is 0 Å². The molecule has 0 aromatic heterocycles. The van der Waals surface area contributed by atoms with Crippen LogP contribution in [0.2, 0.25) is 0 Å². The molecule has 0 saturated heterocycles. The number of carbonyl (C=O) groups is 1. The number of anilines is 2. The highest BCUT2D eigenvalue weighted by atomic mass is 32.2. The van der Waals surface area contributed by atoms with Crippen molar-refractivity contribution in [3.8, 4) is 0 Å². The van der Waals surface area contributed by atoms with Gasteiger partial charge in [0.05, 0.1) is 16.1 Å². The van der Waals surface area contributed by atoms with E-state index in [-0.39, 0.29) is 10.8 Å². The normalized spacial score (nSPS) is 11.1. The monoisotopic (exact) mass is 451 g/mol. The largest absolute Gasteiger partial charge is 0.372 e. The summed E-state index contributed by atoms with van der Waals surface area (Å²) in [7, 11) is -2.33. The van der Waals surface area contributed by atoms with Crippen LogP contribution in [0.5, 0.6) is 0 Å². The van der Waals surface area contributed by atoms with E-state index in [9.17, 15) is 13.2 Å². The first-order chi connectivity index (χ1) is 15.4. The van der Waals surface area contributed by atoms with Crippen LogP contribution in [0.4, 0.5) is 11.4 Å². The van der Waals surface area contributed by atoms with Gasteiger partial charge in [0.1, 0.15) is 0 Å². The average molecular weight is 452 g/mol. The number of amides is 1. The van der Waals surface area contributed by atoms with Crippen LogP contribution in [0.1, 0.15) is 29.8 Å². The first-order valence-electron chi connectivity index (χ1n) is 10.6. The summed E-state index contributed by atoms with van der Waals surface area (Å²) in [6.07, 6.45) is 0. The molecule has 32 heavy (non-hydrogen) atoms. The predicted molar refractivity (Wildman–Crippen MR) is 130 cm³/mol. The molecule has 0 heterocycles. The van der Waals surface area contributed by atoms with E-state index < -0.39 is 10.0 Å². The van der Waals surface area contributed by atoms with Gasteiger partial charge in [-0.1, -0.05) is 42.5 Å². The molecule has 0 aliphatic carbocycles. The Morgan fingerprint density at radius 1 is 0.844 bits per heavy atom. The van der Waals surface area contributed by atoms with Crippen LogP contribution in [0.15, 0.2) is 83.8 Å². The molecule has 0 bridgehead atoms. The molecule has 0 atom stereocenters. The van der Waals surface area contributed by atoms with Gasteiger partial charge in [0.15, 0.2) is 0 Å². The Morgan fingerprint density at radius 2 is 1.44 bits per heavy atom. The molecule has 0 aliphatic heterocycles. The Labute approximate surface area is 190 Å². The van der Waals surface area contributed by atoms with Crippen molar-refractivity contribution in [3.63, 3.8) is 0 Å². The van der Waals surface area contributed by atoms with Gasteiger partial charge in [0.25, 0.3) is 15.9 Å². The molecule has 1 N–H and O–H groups in total. The maximum atomic E-state index is 13.0. The second-order valence-corrected chi connectivity index (χ2v) is 9.29. The topological polar surface area (TPSA) is 69.7 Å². The van der Waals surface area contributed by atoms with Crippen LogP contribution in [0.25, 0.3) is 0 Å². The second-order valence-electron chi connectivity index (χ2n) is 7.32. The molecule has 7 heteroatoms. The van der Waals surface area contributed by atoms with Gasteiger partial charge in [-0.25, -0.2) is 8.42 Å². The molecular weight excluding hydrogens is 422 g/mol. The number of benzene rings is 3. The van der Waals surface area contributed by atoms with Crippen LogP contribution < -0.4 is 14.5 Å². The van der Waals surface area contributed by atoms with Crippen molar-refractivity contribution in [2.24, 2.45) is 0 Å². The smallest absolute Gasteiger partial charge is 0.264 e. The van der Waals surface area contributed by atoms with Crippen LogP contribution in [0.3, 0.4) is 0 Å². The summed E-state index contributed by atoms with van der Waals surface area (Å²) in [6.45, 7) is 6.45. The molecule has 0 unspecified atom stereocenters. The summed E-state index contributed by atoms with van der Waals surface area (Å²) in [5.41, 5.74) is 2.74. The number of nitrogens with zero attached hydrogens (tertiary/aromatic N) is 2. The number of rotatable bonds is 9. The Kier molecular flexibility index (Phi) is 7.53. The van der Waals surface area contributed by atoms with Crippen molar-refractivity contribution in [1.29, 1.82) is 0 Å². The Bertz CT molecular complexity index is 1140. The SMILES string of the molecule is CCN(CC)c1ccc(CNC(=O)c2ccccc2N(C)S(=O)(=O)c2ccccc2)cc1. The highest BCUT2D eigenvalue weighted by Gasteiger charge is 2.24. The Balaban J connectivity index is 1.76. The second kappa shape index (κ2) is 10.3. The fraction of sp³-hybridized carbons (Fsp3) is 0.240. The summed E-state index contributed by atoms with van der Waals surface area (Å²) in [6, 6.07) is 23.0. The minimum absolute atomic E-state index is 0.172. The van der Waals surface area contributed by atoms with E-state index in [0.29, 0.717) is 17.8 Å². The van der Waals surface area contributed by atoms with E-state index in [4.69, 9.17) is 0 Å². The molecule has 0 saturated carbocycles. The molecule has 0 fully saturated rings. The van der Waals surface area contributed by atoms with E-state index in [1.165, 1.54) is 19.2 Å². The minimum atomic E-state index is -3.78. The molecule has 1 amide bonds. The number of carbonyl (C=O) groups excluding carboxylic acids is 1. The standard InChI is InChI=1S/C25H29N3O3S/c1-4-28(5-2)21-17-15-20(16-18-21)19-26-25(29)23-13-9-10-14-24(23)27(3)32(30,31)22-11-7-6-8-12-22/h6-18H,4-5,19H2,1-3H3,(H,26,29). The van der Waals surface area contributed by atoms with E-state index in [1.807, 2.05) is 24.3 Å². The molecule has 6 nitrogen and oxygen atoms in total. The van der Waals surface area contributed by atoms with Gasteiger partial charge in [0, 0.05) is 32.4 Å². The van der Waals surface area contributed by atoms with Gasteiger partial charge in [-0.3, -0.25) is 9.10 Å². The van der Waals surface area contributed by atoms with E-state index in [1.54, 1.807) is 42.5 Å². The van der Waals surface area contributed by atoms with E-state index in [2.05, 4.69) is 24.1 Å². The number of hydrogen-bond donors (Lipinski definition) is 1. The summed E-state index contributed by atoms with van der Waals surface area (Å²) in [5, 5.41) is 2.90. The number of sulfonamides is 1. The molecule has 3 aromatic carbocycles. The lowest BCUT2D eigenvalue weighted by Gasteiger charge is -2.22. The first-order valence-corrected chi connectivity index (χ1v) is 12.1. The summed E-state index contributed by atoms with van der Waals surface area (Å²) in [4.78, 5) is 15.4. The van der Waals surface area contributed by atoms with Crippen molar-refractivity contribution in [3.05, 3.63) is 90.0 Å². The summed E-state index contributed by atoms with van der Waals surface area (Å²) < 4.78 is 27.2. The number of nitrogens with one attached hydrogen (secondary N) is 1. The molecule has 3 rings (SSSR count). The molecule has 0 radical (unpaired) electrons. The minimum Gasteiger partial charge on any atom is -0.372 e. The Morgan fingerprint density at radius 3 is 2.06 bits per heavy atom. The summed E-state index contributed by atoms with van der Waals surface area (Å²) in [5.74, 6) is -0.330. The zero-order chi connectivity index (χ0) is 23.1. The highest BCUT2D eigenvalue weighted by Crippen LogP contribution is 2.25. The van der Waals surface area contributed by atoms with Gasteiger partial charge < -0.3 is 10.2 Å². The van der Waals surface area contributed by atoms with Crippen molar-refractivity contribution in [2.75, 3.05) is 29.3 Å². The number of hydrogen-bond acceptors (Lipinski definition) is 4. The fourth-order valence-electron chi connectivity index (χ4n) is 3.51. The predicted octanol–water partition coefficient (Wildman–Crippen LogP) is 4.29. The lowest BCUT2D eigenvalue weighted by molar-refractivity contribution is 0.0951. The van der Waals surface area contributed by atoms with Crippen LogP contribution in [-0.2, 0) is 16.6 Å². The van der Waals surface area contributed by atoms with Crippen molar-refractivity contribution >= 4 is 27.3 Å². The maximum absolute atomic E-state index is 13.0. The van der Waals surface area contributed by atoms with Crippen molar-refractivity contribution in [1.82, 2.24) is 5.32 Å². The fourth-order valence-corrected chi connectivity index (χ4v) is 4.75. The molecule has 3 aromatic rings. The van der Waals surface area contributed by atoms with Gasteiger partial charge in [-0.05, 0) is 55.8 Å². The highest BCUT2D eigenvalue weighted by molar-refractivity contribution is 7.92. The third-order valence-corrected chi connectivity index (χ3v) is 7.19. The molecule has 0 spiro atoms.